The number of benzene rings is 2. The van der Waals surface area contributed by atoms with Gasteiger partial charge in [0, 0.05) is 4.90 Å². The second-order valence-electron chi connectivity index (χ2n) is 8.29. The molecule has 0 radical (unpaired) electrons. The summed E-state index contributed by atoms with van der Waals surface area (Å²) < 4.78 is 0. The Morgan fingerprint density at radius 2 is 1.66 bits per heavy atom. The number of nitrogens with one attached hydrogen (secondary N) is 1. The second kappa shape index (κ2) is 10.3. The van der Waals surface area contributed by atoms with E-state index in [1.54, 1.807) is 0 Å². The number of hydrogen-bond donors (Lipinski definition) is 8. The zero-order valence-corrected chi connectivity index (χ0v) is 20.8. The Bertz CT molecular complexity index is 1550. The molecule has 198 valence electrons. The van der Waals surface area contributed by atoms with Gasteiger partial charge in [0.05, 0.1) is 15.5 Å². The summed E-state index contributed by atoms with van der Waals surface area (Å²) in [6, 6.07) is 2.84. The number of carboxylic acids is 3. The van der Waals surface area contributed by atoms with Crippen LogP contribution in [0.3, 0.4) is 0 Å². The average Bonchev–Trinajstić information content (AvgIpc) is 2.85. The Kier molecular flexibility index (Phi) is 7.28. The molecule has 0 fully saturated rings. The molecular formula is C23H20N4O9S2. The number of rotatable bonds is 8. The third-order valence-electron chi connectivity index (χ3n) is 5.58. The molecule has 1 aliphatic carbocycles. The van der Waals surface area contributed by atoms with E-state index in [0.717, 1.165) is 23.1 Å². The number of carbonyl (C=O) groups is 3. The molecule has 0 bridgehead atoms. The highest BCUT2D eigenvalue weighted by Gasteiger charge is 2.32. The fraction of sp³-hybridized carbons (Fsp3) is 0.174. The number of aromatic nitrogens is 1. The molecule has 1 aromatic carbocycles. The largest absolute Gasteiger partial charge is 0.506 e. The van der Waals surface area contributed by atoms with Gasteiger partial charge < -0.3 is 42.3 Å². The molecule has 0 spiro atoms. The van der Waals surface area contributed by atoms with Crippen molar-refractivity contribution >= 4 is 51.6 Å². The van der Waals surface area contributed by atoms with Crippen molar-refractivity contribution in [2.45, 2.75) is 29.8 Å². The van der Waals surface area contributed by atoms with Crippen LogP contribution in [0.1, 0.15) is 16.0 Å². The highest BCUT2D eigenvalue weighted by molar-refractivity contribution is 8.08. The van der Waals surface area contributed by atoms with Crippen LogP contribution in [0.2, 0.25) is 0 Å². The highest BCUT2D eigenvalue weighted by atomic mass is 32.2. The minimum Gasteiger partial charge on any atom is -0.506 e. The van der Waals surface area contributed by atoms with Crippen molar-refractivity contribution in [3.8, 4) is 22.2 Å². The lowest BCUT2D eigenvalue weighted by Crippen LogP contribution is -2.32. The van der Waals surface area contributed by atoms with Gasteiger partial charge in [-0.1, -0.05) is 17.8 Å². The zero-order chi connectivity index (χ0) is 27.9. The number of phenols is 1. The summed E-state index contributed by atoms with van der Waals surface area (Å²) in [6.45, 7) is 0. The second-order valence-corrected chi connectivity index (χ2v) is 10.4. The molecule has 15 heteroatoms. The minimum absolute atomic E-state index is 0.0160. The number of aromatic hydroxyl groups is 2. The minimum atomic E-state index is -1.43. The van der Waals surface area contributed by atoms with Crippen LogP contribution in [0, 0.1) is 0 Å². The lowest BCUT2D eigenvalue weighted by Gasteiger charge is -2.25. The summed E-state index contributed by atoms with van der Waals surface area (Å²) in [4.78, 5) is 51.6. The molecule has 0 amide bonds. The van der Waals surface area contributed by atoms with Gasteiger partial charge in [-0.2, -0.15) is 0 Å². The van der Waals surface area contributed by atoms with Gasteiger partial charge >= 0.3 is 17.9 Å². The quantitative estimate of drug-likeness (QED) is 0.178. The van der Waals surface area contributed by atoms with Gasteiger partial charge in [-0.25, -0.2) is 9.78 Å². The summed E-state index contributed by atoms with van der Waals surface area (Å²) in [5.74, 6) is -4.87. The van der Waals surface area contributed by atoms with E-state index < -0.39 is 47.0 Å². The molecular weight excluding hydrogens is 540 g/mol. The SMILES string of the molecule is NC(Cc1cc2sc(C3=C(C(=O)O)Nc4c(O)ccc(CC(N)C(=O)O)c4S3)c(O)nc-2c(=O)c1)C(=O)O. The van der Waals surface area contributed by atoms with Gasteiger partial charge in [0.2, 0.25) is 11.3 Å². The standard InChI is InChI=1S/C23H20N4O9S2/c24-9(21(31)32)3-7-4-12(29)14-13(5-7)37-19(20(30)27-14)18-16(23(35)36)26-15-11(28)2-1-8(17(15)38-18)6-10(25)22(33)34/h1-2,4-5,9-10,26,28,30H,3,6,24-25H2,(H,31,32)(H,33,34)(H,35,36). The maximum atomic E-state index is 12.6. The van der Waals surface area contributed by atoms with Crippen LogP contribution in [0.4, 0.5) is 5.69 Å². The first-order valence-corrected chi connectivity index (χ1v) is 12.4. The van der Waals surface area contributed by atoms with Crippen molar-refractivity contribution in [1.82, 2.24) is 4.98 Å². The van der Waals surface area contributed by atoms with Crippen LogP contribution in [-0.2, 0) is 27.2 Å². The van der Waals surface area contributed by atoms with Gasteiger partial charge in [-0.15, -0.1) is 11.3 Å². The van der Waals surface area contributed by atoms with Crippen LogP contribution in [0.5, 0.6) is 11.6 Å². The molecule has 2 aliphatic heterocycles. The summed E-state index contributed by atoms with van der Waals surface area (Å²) in [6.07, 6.45) is -0.289. The monoisotopic (exact) mass is 560 g/mol. The molecule has 13 nitrogen and oxygen atoms in total. The highest BCUT2D eigenvalue weighted by Crippen LogP contribution is 2.52. The number of nitrogens with zero attached hydrogens (tertiary/aromatic N) is 1. The van der Waals surface area contributed by atoms with Gasteiger partial charge in [0.25, 0.3) is 0 Å². The van der Waals surface area contributed by atoms with E-state index in [1.807, 2.05) is 0 Å². The fourth-order valence-electron chi connectivity index (χ4n) is 3.73. The predicted octanol–water partition coefficient (Wildman–Crippen LogP) is 0.899. The number of aliphatic carboxylic acids is 3. The van der Waals surface area contributed by atoms with Crippen LogP contribution in [-0.4, -0.2) is 60.5 Å². The Hall–Kier alpha value is -4.18. The van der Waals surface area contributed by atoms with Gasteiger partial charge in [-0.3, -0.25) is 14.4 Å². The van der Waals surface area contributed by atoms with Crippen molar-refractivity contribution in [3.63, 3.8) is 0 Å². The molecule has 38 heavy (non-hydrogen) atoms. The van der Waals surface area contributed by atoms with Gasteiger partial charge in [-0.05, 0) is 42.2 Å². The molecule has 0 saturated carbocycles. The third-order valence-corrected chi connectivity index (χ3v) is 8.11. The summed E-state index contributed by atoms with van der Waals surface area (Å²) in [5.41, 5.74) is 10.9. The first-order chi connectivity index (χ1) is 17.9. The number of nitrogens with two attached hydrogens (primary N) is 2. The number of thioether (sulfide) groups is 1. The van der Waals surface area contributed by atoms with Crippen LogP contribution < -0.4 is 22.2 Å². The predicted molar refractivity (Wildman–Crippen MR) is 137 cm³/mol. The topological polar surface area (TPSA) is 246 Å². The number of fused-ring (bicyclic) bond motifs is 2. The van der Waals surface area contributed by atoms with Crippen molar-refractivity contribution in [2.24, 2.45) is 11.5 Å². The van der Waals surface area contributed by atoms with Crippen molar-refractivity contribution < 1.29 is 39.9 Å². The van der Waals surface area contributed by atoms with Gasteiger partial charge in [0.1, 0.15) is 34.1 Å². The lowest BCUT2D eigenvalue weighted by atomic mass is 10.0. The van der Waals surface area contributed by atoms with E-state index in [-0.39, 0.29) is 44.6 Å². The molecule has 0 saturated heterocycles. The fourth-order valence-corrected chi connectivity index (χ4v) is 6.15. The van der Waals surface area contributed by atoms with Crippen molar-refractivity contribution in [2.75, 3.05) is 5.32 Å². The molecule has 0 aromatic heterocycles. The van der Waals surface area contributed by atoms with Crippen molar-refractivity contribution in [1.29, 1.82) is 0 Å². The van der Waals surface area contributed by atoms with E-state index in [4.69, 9.17) is 16.6 Å². The van der Waals surface area contributed by atoms with Gasteiger partial charge in [0.15, 0.2) is 0 Å². The maximum Gasteiger partial charge on any atom is 0.353 e. The summed E-state index contributed by atoms with van der Waals surface area (Å²) >= 11 is 1.69. The van der Waals surface area contributed by atoms with Crippen molar-refractivity contribution in [3.05, 3.63) is 56.2 Å². The smallest absolute Gasteiger partial charge is 0.353 e. The van der Waals surface area contributed by atoms with Crippen LogP contribution in [0.25, 0.3) is 15.5 Å². The Morgan fingerprint density at radius 3 is 2.29 bits per heavy atom. The van der Waals surface area contributed by atoms with Crippen LogP contribution in [0.15, 0.2) is 39.7 Å². The number of phenolic OH excluding ortho intramolecular Hbond substituents is 1. The normalized spacial score (nSPS) is 14.5. The summed E-state index contributed by atoms with van der Waals surface area (Å²) in [5, 5.41) is 51.9. The third kappa shape index (κ3) is 5.12. The lowest BCUT2D eigenvalue weighted by molar-refractivity contribution is -0.139. The molecule has 4 rings (SSSR count). The molecule has 2 heterocycles. The Labute approximate surface area is 221 Å². The van der Waals surface area contributed by atoms with E-state index in [9.17, 15) is 39.6 Å². The molecule has 3 aliphatic rings. The summed E-state index contributed by atoms with van der Waals surface area (Å²) in [7, 11) is 0. The Balaban J connectivity index is 1.87. The average molecular weight is 561 g/mol. The van der Waals surface area contributed by atoms with E-state index in [2.05, 4.69) is 10.3 Å². The molecule has 10 N–H and O–H groups in total. The number of carboxylic acid groups (broad SMARTS) is 3. The van der Waals surface area contributed by atoms with E-state index >= 15 is 0 Å². The van der Waals surface area contributed by atoms with E-state index in [0.29, 0.717) is 16.0 Å². The Morgan fingerprint density at radius 1 is 1.00 bits per heavy atom. The maximum absolute atomic E-state index is 12.6. The number of anilines is 1. The molecule has 2 unspecified atom stereocenters. The first-order valence-electron chi connectivity index (χ1n) is 10.8. The van der Waals surface area contributed by atoms with Crippen LogP contribution >= 0.6 is 23.1 Å². The van der Waals surface area contributed by atoms with E-state index in [1.165, 1.54) is 24.3 Å². The number of hydrogen-bond acceptors (Lipinski definition) is 12. The zero-order valence-electron chi connectivity index (χ0n) is 19.2. The molecule has 1 aromatic rings. The first kappa shape index (κ1) is 26.9. The molecule has 2 atom stereocenters.